The van der Waals surface area contributed by atoms with E-state index in [9.17, 15) is 0 Å². The summed E-state index contributed by atoms with van der Waals surface area (Å²) < 4.78 is 1.87. The predicted molar refractivity (Wildman–Crippen MR) is 108 cm³/mol. The molecular formula is C21H28N6. The van der Waals surface area contributed by atoms with Crippen molar-refractivity contribution < 1.29 is 0 Å². The topological polar surface area (TPSA) is 58.4 Å². The molecule has 1 N–H and O–H groups in total. The number of piperidine rings is 1. The third kappa shape index (κ3) is 4.11. The maximum Gasteiger partial charge on any atom is 0.178 e. The minimum absolute atomic E-state index is 0.0895. The molecule has 27 heavy (non-hydrogen) atoms. The van der Waals surface area contributed by atoms with Crippen LogP contribution in [0.3, 0.4) is 0 Å². The second kappa shape index (κ2) is 7.27. The normalized spacial score (nSPS) is 16.7. The Morgan fingerprint density at radius 3 is 2.44 bits per heavy atom. The molecule has 6 nitrogen and oxygen atoms in total. The van der Waals surface area contributed by atoms with E-state index in [1.54, 1.807) is 0 Å². The Balaban J connectivity index is 1.39. The summed E-state index contributed by atoms with van der Waals surface area (Å²) >= 11 is 0. The predicted octanol–water partition coefficient (Wildman–Crippen LogP) is 3.50. The molecule has 1 saturated heterocycles. The zero-order valence-electron chi connectivity index (χ0n) is 16.4. The molecule has 0 radical (unpaired) electrons. The second-order valence-corrected chi connectivity index (χ2v) is 8.44. The van der Waals surface area contributed by atoms with Crippen LogP contribution in [0.1, 0.15) is 45.0 Å². The number of nitrogens with zero attached hydrogens (tertiary/aromatic N) is 5. The van der Waals surface area contributed by atoms with E-state index >= 15 is 0 Å². The monoisotopic (exact) mass is 364 g/mol. The van der Waals surface area contributed by atoms with E-state index in [1.165, 1.54) is 5.56 Å². The van der Waals surface area contributed by atoms with Crippen molar-refractivity contribution in [3.63, 3.8) is 0 Å². The van der Waals surface area contributed by atoms with Gasteiger partial charge in [0.2, 0.25) is 0 Å². The van der Waals surface area contributed by atoms with Crippen molar-refractivity contribution >= 4 is 11.5 Å². The summed E-state index contributed by atoms with van der Waals surface area (Å²) in [5.74, 6) is 1.79. The molecule has 0 atom stereocenters. The Hall–Kier alpha value is -2.47. The van der Waals surface area contributed by atoms with Crippen LogP contribution in [-0.2, 0) is 12.0 Å². The van der Waals surface area contributed by atoms with Gasteiger partial charge in [-0.2, -0.15) is 4.52 Å². The Morgan fingerprint density at radius 2 is 1.74 bits per heavy atom. The van der Waals surface area contributed by atoms with Crippen molar-refractivity contribution in [2.24, 2.45) is 0 Å². The Labute approximate surface area is 160 Å². The average Bonchev–Trinajstić information content (AvgIpc) is 3.08. The fraction of sp³-hybridized carbons (Fsp3) is 0.476. The molecule has 6 heteroatoms. The molecule has 1 fully saturated rings. The van der Waals surface area contributed by atoms with Crippen LogP contribution in [0.2, 0.25) is 0 Å². The molecule has 3 heterocycles. The summed E-state index contributed by atoms with van der Waals surface area (Å²) in [5.41, 5.74) is 2.09. The molecule has 0 aliphatic carbocycles. The summed E-state index contributed by atoms with van der Waals surface area (Å²) in [7, 11) is 0. The number of benzene rings is 1. The summed E-state index contributed by atoms with van der Waals surface area (Å²) in [6, 6.07) is 15.2. The van der Waals surface area contributed by atoms with Gasteiger partial charge in [0.05, 0.1) is 0 Å². The van der Waals surface area contributed by atoms with Crippen LogP contribution in [0.5, 0.6) is 0 Å². The van der Waals surface area contributed by atoms with Gasteiger partial charge in [-0.1, -0.05) is 51.1 Å². The molecule has 2 aromatic heterocycles. The zero-order chi connectivity index (χ0) is 18.9. The van der Waals surface area contributed by atoms with Gasteiger partial charge in [-0.3, -0.25) is 4.90 Å². The molecule has 3 aromatic rings. The maximum atomic E-state index is 4.75. The van der Waals surface area contributed by atoms with Gasteiger partial charge in [0.1, 0.15) is 5.82 Å². The lowest BCUT2D eigenvalue weighted by Crippen LogP contribution is -2.38. The van der Waals surface area contributed by atoms with E-state index in [4.69, 9.17) is 5.10 Å². The molecule has 0 bridgehead atoms. The first-order chi connectivity index (χ1) is 13.0. The van der Waals surface area contributed by atoms with Gasteiger partial charge < -0.3 is 5.32 Å². The fourth-order valence-electron chi connectivity index (χ4n) is 3.62. The molecular weight excluding hydrogens is 336 g/mol. The molecule has 1 aliphatic rings. The van der Waals surface area contributed by atoms with Crippen LogP contribution in [0.15, 0.2) is 42.5 Å². The van der Waals surface area contributed by atoms with Crippen molar-refractivity contribution in [3.8, 4) is 0 Å². The van der Waals surface area contributed by atoms with Gasteiger partial charge in [0, 0.05) is 31.1 Å². The molecule has 1 aromatic carbocycles. The molecule has 0 unspecified atom stereocenters. The standard InChI is InChI=1S/C21H28N6/c1-21(2,3)20-24-23-19-10-9-18(25-27(19)20)22-17-11-13-26(14-12-17)15-16-7-5-4-6-8-16/h4-10,17H,11-15H2,1-3H3,(H,22,25). The molecule has 1 aliphatic heterocycles. The Morgan fingerprint density at radius 1 is 1.00 bits per heavy atom. The lowest BCUT2D eigenvalue weighted by atomic mass is 9.96. The van der Waals surface area contributed by atoms with E-state index in [2.05, 4.69) is 71.5 Å². The number of nitrogens with one attached hydrogen (secondary N) is 1. The maximum absolute atomic E-state index is 4.75. The SMILES string of the molecule is CC(C)(C)c1nnc2ccc(NC3CCN(Cc4ccccc4)CC3)nn12. The third-order valence-corrected chi connectivity index (χ3v) is 5.12. The highest BCUT2D eigenvalue weighted by Gasteiger charge is 2.23. The fourth-order valence-corrected chi connectivity index (χ4v) is 3.62. The van der Waals surface area contributed by atoms with E-state index in [1.807, 2.05) is 16.6 Å². The first-order valence-electron chi connectivity index (χ1n) is 9.75. The van der Waals surface area contributed by atoms with Crippen molar-refractivity contribution in [1.82, 2.24) is 24.7 Å². The summed E-state index contributed by atoms with van der Waals surface area (Å²) in [6.45, 7) is 9.64. The van der Waals surface area contributed by atoms with E-state index in [0.717, 1.165) is 49.8 Å². The van der Waals surface area contributed by atoms with E-state index in [0.29, 0.717) is 6.04 Å². The molecule has 142 valence electrons. The Bertz CT molecular complexity index is 888. The first kappa shape index (κ1) is 17.9. The minimum atomic E-state index is -0.0895. The number of hydrogen-bond acceptors (Lipinski definition) is 5. The van der Waals surface area contributed by atoms with Crippen molar-refractivity contribution in [2.75, 3.05) is 18.4 Å². The molecule has 4 rings (SSSR count). The van der Waals surface area contributed by atoms with Crippen molar-refractivity contribution in [2.45, 2.75) is 51.6 Å². The van der Waals surface area contributed by atoms with E-state index < -0.39 is 0 Å². The quantitative estimate of drug-likeness (QED) is 0.768. The van der Waals surface area contributed by atoms with Gasteiger partial charge in [0.25, 0.3) is 0 Å². The first-order valence-corrected chi connectivity index (χ1v) is 9.75. The van der Waals surface area contributed by atoms with Crippen molar-refractivity contribution in [1.29, 1.82) is 0 Å². The highest BCUT2D eigenvalue weighted by Crippen LogP contribution is 2.22. The van der Waals surface area contributed by atoms with Gasteiger partial charge >= 0.3 is 0 Å². The number of fused-ring (bicyclic) bond motifs is 1. The van der Waals surface area contributed by atoms with Gasteiger partial charge in [-0.05, 0) is 30.5 Å². The highest BCUT2D eigenvalue weighted by atomic mass is 15.4. The molecule has 0 spiro atoms. The number of likely N-dealkylation sites (tertiary alicyclic amines) is 1. The summed E-state index contributed by atoms with van der Waals surface area (Å²) in [6.07, 6.45) is 2.25. The smallest absolute Gasteiger partial charge is 0.178 e. The number of anilines is 1. The van der Waals surface area contributed by atoms with Crippen LogP contribution in [-0.4, -0.2) is 43.8 Å². The lowest BCUT2D eigenvalue weighted by molar-refractivity contribution is 0.211. The molecule has 0 amide bonds. The molecule has 0 saturated carbocycles. The third-order valence-electron chi connectivity index (χ3n) is 5.12. The van der Waals surface area contributed by atoms with Gasteiger partial charge in [-0.25, -0.2) is 0 Å². The zero-order valence-corrected chi connectivity index (χ0v) is 16.4. The minimum Gasteiger partial charge on any atom is -0.366 e. The number of aromatic nitrogens is 4. The van der Waals surface area contributed by atoms with Gasteiger partial charge in [0.15, 0.2) is 11.5 Å². The lowest BCUT2D eigenvalue weighted by Gasteiger charge is -2.32. The largest absolute Gasteiger partial charge is 0.366 e. The highest BCUT2D eigenvalue weighted by molar-refractivity contribution is 5.45. The van der Waals surface area contributed by atoms with Crippen LogP contribution in [0.25, 0.3) is 5.65 Å². The average molecular weight is 364 g/mol. The summed E-state index contributed by atoms with van der Waals surface area (Å²) in [5, 5.41) is 16.9. The number of rotatable bonds is 4. The number of hydrogen-bond donors (Lipinski definition) is 1. The second-order valence-electron chi connectivity index (χ2n) is 8.44. The Kier molecular flexibility index (Phi) is 4.83. The van der Waals surface area contributed by atoms with Crippen LogP contribution in [0, 0.1) is 0 Å². The van der Waals surface area contributed by atoms with Crippen LogP contribution in [0.4, 0.5) is 5.82 Å². The van der Waals surface area contributed by atoms with Crippen LogP contribution < -0.4 is 5.32 Å². The van der Waals surface area contributed by atoms with Crippen molar-refractivity contribution in [3.05, 3.63) is 53.9 Å². The summed E-state index contributed by atoms with van der Waals surface area (Å²) in [4.78, 5) is 2.53. The van der Waals surface area contributed by atoms with E-state index in [-0.39, 0.29) is 5.41 Å². The van der Waals surface area contributed by atoms with Crippen LogP contribution >= 0.6 is 0 Å². The van der Waals surface area contributed by atoms with Gasteiger partial charge in [-0.15, -0.1) is 15.3 Å².